The van der Waals surface area contributed by atoms with Gasteiger partial charge in [0, 0.05) is 37.5 Å². The molecule has 112 valence electrons. The van der Waals surface area contributed by atoms with Crippen LogP contribution in [0.1, 0.15) is 25.3 Å². The zero-order chi connectivity index (χ0) is 14.4. The Balaban J connectivity index is 2.13. The van der Waals surface area contributed by atoms with Gasteiger partial charge in [-0.05, 0) is 49.1 Å². The van der Waals surface area contributed by atoms with Crippen LogP contribution >= 0.6 is 11.6 Å². The summed E-state index contributed by atoms with van der Waals surface area (Å²) in [7, 11) is 1.79. The van der Waals surface area contributed by atoms with Gasteiger partial charge in [0.15, 0.2) is 0 Å². The summed E-state index contributed by atoms with van der Waals surface area (Å²) in [6, 6.07) is 6.23. The van der Waals surface area contributed by atoms with E-state index in [4.69, 9.17) is 16.3 Å². The molecule has 1 aliphatic heterocycles. The van der Waals surface area contributed by atoms with Gasteiger partial charge in [0.2, 0.25) is 0 Å². The van der Waals surface area contributed by atoms with Crippen LogP contribution in [-0.2, 0) is 11.3 Å². The normalized spacial score (nSPS) is 19.4. The second kappa shape index (κ2) is 7.87. The summed E-state index contributed by atoms with van der Waals surface area (Å²) in [5, 5.41) is 4.21. The number of halogens is 1. The first-order valence-corrected chi connectivity index (χ1v) is 7.85. The second-order valence-electron chi connectivity index (χ2n) is 5.46. The predicted octanol–water partition coefficient (Wildman–Crippen LogP) is 3.31. The molecule has 0 amide bonds. The molecule has 1 saturated heterocycles. The Morgan fingerprint density at radius 2 is 2.30 bits per heavy atom. The van der Waals surface area contributed by atoms with Crippen LogP contribution in [0.4, 0.5) is 5.69 Å². The summed E-state index contributed by atoms with van der Waals surface area (Å²) >= 11 is 6.15. The summed E-state index contributed by atoms with van der Waals surface area (Å²) < 4.78 is 5.32. The molecule has 1 aliphatic rings. The molecule has 0 spiro atoms. The van der Waals surface area contributed by atoms with E-state index in [1.165, 1.54) is 24.1 Å². The minimum absolute atomic E-state index is 0.636. The first-order chi connectivity index (χ1) is 9.74. The third kappa shape index (κ3) is 4.11. The molecule has 1 heterocycles. The first-order valence-electron chi connectivity index (χ1n) is 7.47. The van der Waals surface area contributed by atoms with Crippen LogP contribution < -0.4 is 10.2 Å². The number of piperidine rings is 1. The minimum atomic E-state index is 0.636. The van der Waals surface area contributed by atoms with Crippen LogP contribution in [0.15, 0.2) is 18.2 Å². The fraction of sp³-hybridized carbons (Fsp3) is 0.625. The Labute approximate surface area is 127 Å². The number of nitrogens with zero attached hydrogens (tertiary/aromatic N) is 1. The van der Waals surface area contributed by atoms with Gasteiger partial charge in [-0.1, -0.05) is 18.5 Å². The monoisotopic (exact) mass is 296 g/mol. The van der Waals surface area contributed by atoms with E-state index < -0.39 is 0 Å². The maximum absolute atomic E-state index is 6.15. The molecule has 1 atom stereocenters. The molecular weight excluding hydrogens is 272 g/mol. The van der Waals surface area contributed by atoms with Crippen LogP contribution in [0.3, 0.4) is 0 Å². The number of benzene rings is 1. The Morgan fingerprint density at radius 1 is 1.45 bits per heavy atom. The van der Waals surface area contributed by atoms with Crippen molar-refractivity contribution in [1.29, 1.82) is 0 Å². The molecule has 0 aliphatic carbocycles. The number of hydrogen-bond acceptors (Lipinski definition) is 3. The highest BCUT2D eigenvalue weighted by Crippen LogP contribution is 2.28. The largest absolute Gasteiger partial charge is 0.384 e. The lowest BCUT2D eigenvalue weighted by Crippen LogP contribution is -2.37. The van der Waals surface area contributed by atoms with E-state index >= 15 is 0 Å². The van der Waals surface area contributed by atoms with Gasteiger partial charge in [0.25, 0.3) is 0 Å². The van der Waals surface area contributed by atoms with E-state index in [-0.39, 0.29) is 0 Å². The van der Waals surface area contributed by atoms with Gasteiger partial charge in [-0.3, -0.25) is 0 Å². The number of nitrogens with one attached hydrogen (secondary N) is 1. The first kappa shape index (κ1) is 15.6. The highest BCUT2D eigenvalue weighted by atomic mass is 35.5. The van der Waals surface area contributed by atoms with E-state index in [0.717, 1.165) is 37.8 Å². The fourth-order valence-corrected chi connectivity index (χ4v) is 3.11. The SMILES string of the molecule is CCNCc1cc(Cl)ccc1N1CCCC(COC)C1. The van der Waals surface area contributed by atoms with Gasteiger partial charge in [-0.25, -0.2) is 0 Å². The van der Waals surface area contributed by atoms with Crippen molar-refractivity contribution in [2.75, 3.05) is 38.3 Å². The van der Waals surface area contributed by atoms with E-state index in [1.54, 1.807) is 7.11 Å². The van der Waals surface area contributed by atoms with Crippen molar-refractivity contribution in [3.05, 3.63) is 28.8 Å². The van der Waals surface area contributed by atoms with Crippen LogP contribution in [0.5, 0.6) is 0 Å². The van der Waals surface area contributed by atoms with Crippen LogP contribution in [0.25, 0.3) is 0 Å². The molecule has 0 saturated carbocycles. The predicted molar refractivity (Wildman–Crippen MR) is 85.6 cm³/mol. The Morgan fingerprint density at radius 3 is 3.05 bits per heavy atom. The third-order valence-electron chi connectivity index (χ3n) is 3.87. The quantitative estimate of drug-likeness (QED) is 0.871. The fourth-order valence-electron chi connectivity index (χ4n) is 2.92. The van der Waals surface area contributed by atoms with Crippen molar-refractivity contribution in [2.45, 2.75) is 26.3 Å². The molecular formula is C16H25ClN2O. The number of rotatable bonds is 6. The maximum atomic E-state index is 6.15. The Kier molecular flexibility index (Phi) is 6.14. The Hall–Kier alpha value is -0.770. The van der Waals surface area contributed by atoms with E-state index in [2.05, 4.69) is 29.3 Å². The maximum Gasteiger partial charge on any atom is 0.0507 e. The van der Waals surface area contributed by atoms with E-state index in [9.17, 15) is 0 Å². The molecule has 2 rings (SSSR count). The van der Waals surface area contributed by atoms with Crippen molar-refractivity contribution >= 4 is 17.3 Å². The molecule has 3 nitrogen and oxygen atoms in total. The number of ether oxygens (including phenoxy) is 1. The lowest BCUT2D eigenvalue weighted by atomic mass is 9.97. The smallest absolute Gasteiger partial charge is 0.0507 e. The molecule has 0 aromatic heterocycles. The highest BCUT2D eigenvalue weighted by molar-refractivity contribution is 6.30. The van der Waals surface area contributed by atoms with Crippen molar-refractivity contribution in [3.8, 4) is 0 Å². The van der Waals surface area contributed by atoms with Crippen molar-refractivity contribution in [1.82, 2.24) is 5.32 Å². The molecule has 1 fully saturated rings. The lowest BCUT2D eigenvalue weighted by molar-refractivity contribution is 0.143. The lowest BCUT2D eigenvalue weighted by Gasteiger charge is -2.35. The van der Waals surface area contributed by atoms with Gasteiger partial charge < -0.3 is 15.0 Å². The molecule has 1 N–H and O–H groups in total. The van der Waals surface area contributed by atoms with Gasteiger partial charge in [0.05, 0.1) is 6.61 Å². The van der Waals surface area contributed by atoms with Crippen LogP contribution in [0.2, 0.25) is 5.02 Å². The number of methoxy groups -OCH3 is 1. The average Bonchev–Trinajstić information content (AvgIpc) is 2.46. The minimum Gasteiger partial charge on any atom is -0.384 e. The summed E-state index contributed by atoms with van der Waals surface area (Å²) in [5.74, 6) is 0.636. The second-order valence-corrected chi connectivity index (χ2v) is 5.90. The zero-order valence-electron chi connectivity index (χ0n) is 12.5. The average molecular weight is 297 g/mol. The van der Waals surface area contributed by atoms with Gasteiger partial charge in [-0.15, -0.1) is 0 Å². The molecule has 1 aromatic rings. The molecule has 1 aromatic carbocycles. The van der Waals surface area contributed by atoms with E-state index in [0.29, 0.717) is 5.92 Å². The van der Waals surface area contributed by atoms with Gasteiger partial charge in [-0.2, -0.15) is 0 Å². The number of hydrogen-bond donors (Lipinski definition) is 1. The molecule has 0 radical (unpaired) electrons. The molecule has 4 heteroatoms. The van der Waals surface area contributed by atoms with Crippen molar-refractivity contribution < 1.29 is 4.74 Å². The molecule has 0 bridgehead atoms. The highest BCUT2D eigenvalue weighted by Gasteiger charge is 2.21. The zero-order valence-corrected chi connectivity index (χ0v) is 13.2. The Bertz CT molecular complexity index is 423. The summed E-state index contributed by atoms with van der Waals surface area (Å²) in [4.78, 5) is 2.48. The standard InChI is InChI=1S/C16H25ClN2O/c1-3-18-10-14-9-15(17)6-7-16(14)19-8-4-5-13(11-19)12-20-2/h6-7,9,13,18H,3-5,8,10-12H2,1-2H3. The summed E-state index contributed by atoms with van der Waals surface area (Å²) in [6.45, 7) is 7.03. The van der Waals surface area contributed by atoms with Crippen molar-refractivity contribution in [3.63, 3.8) is 0 Å². The number of anilines is 1. The summed E-state index contributed by atoms with van der Waals surface area (Å²) in [5.41, 5.74) is 2.61. The van der Waals surface area contributed by atoms with Gasteiger partial charge in [0.1, 0.15) is 0 Å². The molecule has 1 unspecified atom stereocenters. The van der Waals surface area contributed by atoms with Crippen LogP contribution in [-0.4, -0.2) is 33.4 Å². The molecule has 20 heavy (non-hydrogen) atoms. The van der Waals surface area contributed by atoms with Crippen molar-refractivity contribution in [2.24, 2.45) is 5.92 Å². The topological polar surface area (TPSA) is 24.5 Å². The summed E-state index contributed by atoms with van der Waals surface area (Å²) in [6.07, 6.45) is 2.50. The van der Waals surface area contributed by atoms with E-state index in [1.807, 2.05) is 6.07 Å². The van der Waals surface area contributed by atoms with Gasteiger partial charge >= 0.3 is 0 Å². The third-order valence-corrected chi connectivity index (χ3v) is 4.10. The van der Waals surface area contributed by atoms with Crippen LogP contribution in [0, 0.1) is 5.92 Å².